The summed E-state index contributed by atoms with van der Waals surface area (Å²) < 4.78 is 39.2. The normalized spacial score (nSPS) is 20.0. The van der Waals surface area contributed by atoms with Crippen molar-refractivity contribution in [1.82, 2.24) is 9.62 Å². The highest BCUT2D eigenvalue weighted by Crippen LogP contribution is 2.23. The SMILES string of the molecule is CC(=O)NC1CCN(S(=O)(=O)c2cc(N)cc(F)c2)C1. The van der Waals surface area contributed by atoms with Gasteiger partial charge in [0, 0.05) is 31.7 Å². The molecule has 2 rings (SSSR count). The fraction of sp³-hybridized carbons (Fsp3) is 0.417. The molecule has 0 radical (unpaired) electrons. The first-order valence-corrected chi connectivity index (χ1v) is 7.56. The van der Waals surface area contributed by atoms with E-state index >= 15 is 0 Å². The third kappa shape index (κ3) is 3.07. The molecular formula is C12H16FN3O3S. The molecular weight excluding hydrogens is 285 g/mol. The number of hydrogen-bond donors (Lipinski definition) is 2. The summed E-state index contributed by atoms with van der Waals surface area (Å²) in [4.78, 5) is 10.8. The van der Waals surface area contributed by atoms with E-state index in [9.17, 15) is 17.6 Å². The largest absolute Gasteiger partial charge is 0.399 e. The summed E-state index contributed by atoms with van der Waals surface area (Å²) in [5, 5.41) is 2.67. The van der Waals surface area contributed by atoms with Crippen LogP contribution in [0.25, 0.3) is 0 Å². The van der Waals surface area contributed by atoms with Crippen molar-refractivity contribution in [2.45, 2.75) is 24.3 Å². The van der Waals surface area contributed by atoms with E-state index in [0.29, 0.717) is 6.42 Å². The van der Waals surface area contributed by atoms with Gasteiger partial charge in [-0.3, -0.25) is 4.79 Å². The maximum absolute atomic E-state index is 13.3. The molecule has 6 nitrogen and oxygen atoms in total. The highest BCUT2D eigenvalue weighted by Gasteiger charge is 2.33. The number of carbonyl (C=O) groups is 1. The number of benzene rings is 1. The molecule has 0 aromatic heterocycles. The van der Waals surface area contributed by atoms with Gasteiger partial charge < -0.3 is 11.1 Å². The van der Waals surface area contributed by atoms with Crippen molar-refractivity contribution in [2.75, 3.05) is 18.8 Å². The van der Waals surface area contributed by atoms with E-state index < -0.39 is 15.8 Å². The fourth-order valence-corrected chi connectivity index (χ4v) is 3.80. The van der Waals surface area contributed by atoms with Crippen molar-refractivity contribution in [3.63, 3.8) is 0 Å². The zero-order chi connectivity index (χ0) is 14.9. The summed E-state index contributed by atoms with van der Waals surface area (Å²) >= 11 is 0. The third-order valence-corrected chi connectivity index (χ3v) is 4.93. The molecule has 8 heteroatoms. The van der Waals surface area contributed by atoms with Crippen LogP contribution in [0.1, 0.15) is 13.3 Å². The molecule has 1 fully saturated rings. The standard InChI is InChI=1S/C12H16FN3O3S/c1-8(17)15-11-2-3-16(7-11)20(18,19)12-5-9(13)4-10(14)6-12/h4-6,11H,2-3,7,14H2,1H3,(H,15,17). The Morgan fingerprint density at radius 3 is 2.75 bits per heavy atom. The lowest BCUT2D eigenvalue weighted by molar-refractivity contribution is -0.119. The Morgan fingerprint density at radius 1 is 1.45 bits per heavy atom. The van der Waals surface area contributed by atoms with Crippen molar-refractivity contribution in [1.29, 1.82) is 0 Å². The number of amides is 1. The maximum Gasteiger partial charge on any atom is 0.243 e. The predicted octanol–water partition coefficient (Wildman–Crippen LogP) is 0.307. The van der Waals surface area contributed by atoms with E-state index in [-0.39, 0.29) is 35.6 Å². The van der Waals surface area contributed by atoms with Crippen LogP contribution >= 0.6 is 0 Å². The van der Waals surface area contributed by atoms with Crippen LogP contribution < -0.4 is 11.1 Å². The zero-order valence-corrected chi connectivity index (χ0v) is 11.8. The number of nitrogens with zero attached hydrogens (tertiary/aromatic N) is 1. The number of nitrogens with two attached hydrogens (primary N) is 1. The van der Waals surface area contributed by atoms with Crippen LogP contribution in [-0.2, 0) is 14.8 Å². The summed E-state index contributed by atoms with van der Waals surface area (Å²) in [5.41, 5.74) is 5.52. The fourth-order valence-electron chi connectivity index (χ4n) is 2.23. The highest BCUT2D eigenvalue weighted by molar-refractivity contribution is 7.89. The molecule has 1 aromatic rings. The highest BCUT2D eigenvalue weighted by atomic mass is 32.2. The second kappa shape index (κ2) is 5.37. The van der Waals surface area contributed by atoms with Gasteiger partial charge >= 0.3 is 0 Å². The van der Waals surface area contributed by atoms with Gasteiger partial charge in [0.25, 0.3) is 0 Å². The Balaban J connectivity index is 2.21. The molecule has 1 amide bonds. The van der Waals surface area contributed by atoms with Crippen molar-refractivity contribution in [3.05, 3.63) is 24.0 Å². The Hall–Kier alpha value is -1.67. The molecule has 1 aromatic carbocycles. The average Bonchev–Trinajstić information content (AvgIpc) is 2.75. The van der Waals surface area contributed by atoms with Crippen LogP contribution in [0, 0.1) is 5.82 Å². The zero-order valence-electron chi connectivity index (χ0n) is 11.0. The molecule has 0 aliphatic carbocycles. The maximum atomic E-state index is 13.3. The number of sulfonamides is 1. The minimum Gasteiger partial charge on any atom is -0.399 e. The first-order valence-electron chi connectivity index (χ1n) is 6.12. The average molecular weight is 301 g/mol. The molecule has 0 saturated carbocycles. The number of nitrogen functional groups attached to an aromatic ring is 1. The van der Waals surface area contributed by atoms with E-state index in [1.807, 2.05) is 0 Å². The van der Waals surface area contributed by atoms with Gasteiger partial charge in [0.05, 0.1) is 4.90 Å². The number of anilines is 1. The number of carbonyl (C=O) groups excluding carboxylic acids is 1. The lowest BCUT2D eigenvalue weighted by Gasteiger charge is -2.17. The van der Waals surface area contributed by atoms with Crippen molar-refractivity contribution in [3.8, 4) is 0 Å². The van der Waals surface area contributed by atoms with Crippen LogP contribution in [-0.4, -0.2) is 37.8 Å². The minimum absolute atomic E-state index is 0.0567. The van der Waals surface area contributed by atoms with Gasteiger partial charge in [-0.2, -0.15) is 4.31 Å². The van der Waals surface area contributed by atoms with Gasteiger partial charge in [-0.1, -0.05) is 0 Å². The van der Waals surface area contributed by atoms with Gasteiger partial charge in [-0.15, -0.1) is 0 Å². The Labute approximate surface area is 116 Å². The minimum atomic E-state index is -3.79. The van der Waals surface area contributed by atoms with Crippen LogP contribution in [0.4, 0.5) is 10.1 Å². The summed E-state index contributed by atoms with van der Waals surface area (Å²) in [7, 11) is -3.79. The molecule has 1 atom stereocenters. The van der Waals surface area contributed by atoms with Crippen LogP contribution in [0.3, 0.4) is 0 Å². The molecule has 0 spiro atoms. The van der Waals surface area contributed by atoms with Crippen molar-refractivity contribution >= 4 is 21.6 Å². The lowest BCUT2D eigenvalue weighted by Crippen LogP contribution is -2.37. The molecule has 0 bridgehead atoms. The monoisotopic (exact) mass is 301 g/mol. The smallest absolute Gasteiger partial charge is 0.243 e. The first-order chi connectivity index (χ1) is 9.29. The van der Waals surface area contributed by atoms with E-state index in [1.165, 1.54) is 17.3 Å². The molecule has 1 heterocycles. The van der Waals surface area contributed by atoms with Crippen molar-refractivity contribution < 1.29 is 17.6 Å². The lowest BCUT2D eigenvalue weighted by atomic mass is 10.3. The second-order valence-corrected chi connectivity index (χ2v) is 6.71. The third-order valence-electron chi connectivity index (χ3n) is 3.09. The molecule has 1 aliphatic rings. The molecule has 3 N–H and O–H groups in total. The summed E-state index contributed by atoms with van der Waals surface area (Å²) in [6.45, 7) is 1.84. The Kier molecular flexibility index (Phi) is 3.96. The number of hydrogen-bond acceptors (Lipinski definition) is 4. The van der Waals surface area contributed by atoms with Crippen LogP contribution in [0.5, 0.6) is 0 Å². The van der Waals surface area contributed by atoms with E-state index in [0.717, 1.165) is 12.1 Å². The van der Waals surface area contributed by atoms with Crippen LogP contribution in [0.15, 0.2) is 23.1 Å². The Morgan fingerprint density at radius 2 is 2.15 bits per heavy atom. The van der Waals surface area contributed by atoms with E-state index in [1.54, 1.807) is 0 Å². The second-order valence-electron chi connectivity index (χ2n) is 4.77. The first kappa shape index (κ1) is 14.7. The topological polar surface area (TPSA) is 92.5 Å². The van der Waals surface area contributed by atoms with E-state index in [4.69, 9.17) is 5.73 Å². The molecule has 20 heavy (non-hydrogen) atoms. The van der Waals surface area contributed by atoms with Crippen molar-refractivity contribution in [2.24, 2.45) is 0 Å². The van der Waals surface area contributed by atoms with Gasteiger partial charge in [-0.25, -0.2) is 12.8 Å². The molecule has 1 unspecified atom stereocenters. The quantitative estimate of drug-likeness (QED) is 0.786. The number of nitrogens with one attached hydrogen (secondary N) is 1. The molecule has 110 valence electrons. The van der Waals surface area contributed by atoms with Gasteiger partial charge in [-0.05, 0) is 24.6 Å². The summed E-state index contributed by atoms with van der Waals surface area (Å²) in [6, 6.07) is 3.01. The molecule has 1 aliphatic heterocycles. The van der Waals surface area contributed by atoms with Gasteiger partial charge in [0.1, 0.15) is 5.82 Å². The van der Waals surface area contributed by atoms with Gasteiger partial charge in [0.2, 0.25) is 15.9 Å². The predicted molar refractivity (Wildman–Crippen MR) is 71.8 cm³/mol. The summed E-state index contributed by atoms with van der Waals surface area (Å²) in [5.74, 6) is -0.898. The number of halogens is 1. The Bertz CT molecular complexity index is 613. The van der Waals surface area contributed by atoms with Gasteiger partial charge in [0.15, 0.2) is 0 Å². The number of rotatable bonds is 3. The molecule has 1 saturated heterocycles. The van der Waals surface area contributed by atoms with Crippen LogP contribution in [0.2, 0.25) is 0 Å². The van der Waals surface area contributed by atoms with E-state index in [2.05, 4.69) is 5.32 Å². The summed E-state index contributed by atoms with van der Waals surface area (Å²) in [6.07, 6.45) is 0.531.